The van der Waals surface area contributed by atoms with E-state index >= 15 is 0 Å². The van der Waals surface area contributed by atoms with Crippen LogP contribution in [0.5, 0.6) is 0 Å². The van der Waals surface area contributed by atoms with Gasteiger partial charge in [0.25, 0.3) is 0 Å². The Balaban J connectivity index is 2.15. The van der Waals surface area contributed by atoms with Crippen LogP contribution in [0.15, 0.2) is 24.4 Å². The first-order chi connectivity index (χ1) is 7.27. The molecule has 1 aliphatic carbocycles. The van der Waals surface area contributed by atoms with Crippen molar-refractivity contribution < 1.29 is 0 Å². The molecule has 15 heavy (non-hydrogen) atoms. The summed E-state index contributed by atoms with van der Waals surface area (Å²) in [4.78, 5) is 3.21. The minimum Gasteiger partial charge on any atom is -0.360 e. The zero-order chi connectivity index (χ0) is 10.4. The number of para-hydroxylation sites is 1. The van der Waals surface area contributed by atoms with E-state index < -0.39 is 0 Å². The largest absolute Gasteiger partial charge is 0.360 e. The molecule has 2 nitrogen and oxygen atoms in total. The fourth-order valence-electron chi connectivity index (χ4n) is 2.12. The lowest BCUT2D eigenvalue weighted by molar-refractivity contribution is 0.638. The van der Waals surface area contributed by atoms with Crippen molar-refractivity contribution in [1.29, 1.82) is 0 Å². The Kier molecular flexibility index (Phi) is 2.01. The monoisotopic (exact) mass is 220 g/mol. The van der Waals surface area contributed by atoms with Gasteiger partial charge >= 0.3 is 0 Å². The molecule has 0 radical (unpaired) electrons. The zero-order valence-corrected chi connectivity index (χ0v) is 9.09. The zero-order valence-electron chi connectivity index (χ0n) is 8.33. The normalized spacial score (nSPS) is 18.3. The summed E-state index contributed by atoms with van der Waals surface area (Å²) >= 11 is 6.10. The predicted octanol–water partition coefficient (Wildman–Crippen LogP) is 3.23. The van der Waals surface area contributed by atoms with Gasteiger partial charge in [-0.2, -0.15) is 0 Å². The minimum absolute atomic E-state index is 0.164. The van der Waals surface area contributed by atoms with E-state index in [2.05, 4.69) is 11.1 Å². The number of aromatic nitrogens is 1. The molecule has 1 unspecified atom stereocenters. The molecule has 78 valence electrons. The number of nitrogens with two attached hydrogens (primary N) is 1. The maximum absolute atomic E-state index is 6.20. The van der Waals surface area contributed by atoms with Crippen LogP contribution in [0.3, 0.4) is 0 Å². The molecule has 0 saturated heterocycles. The van der Waals surface area contributed by atoms with Crippen molar-refractivity contribution in [2.45, 2.75) is 18.9 Å². The maximum atomic E-state index is 6.20. The maximum Gasteiger partial charge on any atom is 0.0647 e. The molecule has 3 rings (SSSR count). The number of hydrogen-bond donors (Lipinski definition) is 2. The smallest absolute Gasteiger partial charge is 0.0647 e. The molecule has 1 aromatic carbocycles. The van der Waals surface area contributed by atoms with E-state index in [0.29, 0.717) is 5.92 Å². The third-order valence-corrected chi connectivity index (χ3v) is 3.50. The second-order valence-electron chi connectivity index (χ2n) is 4.27. The Morgan fingerprint density at radius 1 is 1.40 bits per heavy atom. The van der Waals surface area contributed by atoms with Crippen LogP contribution >= 0.6 is 11.6 Å². The molecule has 2 aromatic rings. The molecule has 1 fully saturated rings. The highest BCUT2D eigenvalue weighted by Crippen LogP contribution is 2.41. The minimum atomic E-state index is 0.164. The lowest BCUT2D eigenvalue weighted by Gasteiger charge is -2.08. The van der Waals surface area contributed by atoms with Gasteiger partial charge in [-0.25, -0.2) is 0 Å². The summed E-state index contributed by atoms with van der Waals surface area (Å²) in [5.74, 6) is 0.669. The Labute approximate surface area is 93.4 Å². The van der Waals surface area contributed by atoms with Crippen LogP contribution < -0.4 is 5.73 Å². The fourth-order valence-corrected chi connectivity index (χ4v) is 2.35. The van der Waals surface area contributed by atoms with E-state index in [0.717, 1.165) is 10.5 Å². The van der Waals surface area contributed by atoms with Crippen molar-refractivity contribution >= 4 is 22.5 Å². The number of benzene rings is 1. The topological polar surface area (TPSA) is 41.8 Å². The third kappa shape index (κ3) is 1.45. The standard InChI is InChI=1S/C12H13ClN2/c13-10-3-1-2-8-9(6-15-12(8)10)11(14)7-4-5-7/h1-3,6-7,11,15H,4-5,14H2. The van der Waals surface area contributed by atoms with Gasteiger partial charge in [0, 0.05) is 17.6 Å². The summed E-state index contributed by atoms with van der Waals surface area (Å²) in [5, 5.41) is 1.93. The first-order valence-electron chi connectivity index (χ1n) is 5.28. The van der Waals surface area contributed by atoms with Gasteiger partial charge in [-0.3, -0.25) is 0 Å². The van der Waals surface area contributed by atoms with Gasteiger partial charge in [-0.15, -0.1) is 0 Å². The number of nitrogens with one attached hydrogen (secondary N) is 1. The molecule has 0 amide bonds. The highest BCUT2D eigenvalue weighted by atomic mass is 35.5. The Bertz CT molecular complexity index is 499. The van der Waals surface area contributed by atoms with Crippen molar-refractivity contribution in [3.63, 3.8) is 0 Å². The molecule has 3 heteroatoms. The van der Waals surface area contributed by atoms with Crippen LogP contribution in [0.4, 0.5) is 0 Å². The summed E-state index contributed by atoms with van der Waals surface area (Å²) in [6, 6.07) is 6.11. The third-order valence-electron chi connectivity index (χ3n) is 3.19. The van der Waals surface area contributed by atoms with Crippen LogP contribution in [0.1, 0.15) is 24.4 Å². The average Bonchev–Trinajstić information content (AvgIpc) is 2.98. The molecular formula is C12H13ClN2. The quantitative estimate of drug-likeness (QED) is 0.802. The van der Waals surface area contributed by atoms with Crippen molar-refractivity contribution in [2.75, 3.05) is 0 Å². The summed E-state index contributed by atoms with van der Waals surface area (Å²) in [6.07, 6.45) is 4.52. The number of H-pyrrole nitrogens is 1. The second-order valence-corrected chi connectivity index (χ2v) is 4.68. The van der Waals surface area contributed by atoms with Gasteiger partial charge in [0.2, 0.25) is 0 Å². The van der Waals surface area contributed by atoms with E-state index in [1.165, 1.54) is 23.8 Å². The molecule has 1 aromatic heterocycles. The van der Waals surface area contributed by atoms with Crippen molar-refractivity contribution in [1.82, 2.24) is 4.98 Å². The van der Waals surface area contributed by atoms with Crippen molar-refractivity contribution in [3.05, 3.63) is 35.0 Å². The number of aromatic amines is 1. The number of rotatable bonds is 2. The molecule has 1 aliphatic rings. The van der Waals surface area contributed by atoms with Gasteiger partial charge in [-0.1, -0.05) is 23.7 Å². The van der Waals surface area contributed by atoms with Crippen LogP contribution in [-0.2, 0) is 0 Å². The number of fused-ring (bicyclic) bond motifs is 1. The predicted molar refractivity (Wildman–Crippen MR) is 63.0 cm³/mol. The molecule has 0 spiro atoms. The molecule has 1 saturated carbocycles. The van der Waals surface area contributed by atoms with Crippen LogP contribution in [-0.4, -0.2) is 4.98 Å². The van der Waals surface area contributed by atoms with Crippen LogP contribution in [0, 0.1) is 5.92 Å². The molecule has 0 bridgehead atoms. The lowest BCUT2D eigenvalue weighted by atomic mass is 10.0. The van der Waals surface area contributed by atoms with E-state index in [1.54, 1.807) is 0 Å². The van der Waals surface area contributed by atoms with Crippen molar-refractivity contribution in [3.8, 4) is 0 Å². The van der Waals surface area contributed by atoms with Gasteiger partial charge < -0.3 is 10.7 Å². The molecular weight excluding hydrogens is 208 g/mol. The Morgan fingerprint density at radius 3 is 2.93 bits per heavy atom. The summed E-state index contributed by atoms with van der Waals surface area (Å²) < 4.78 is 0. The van der Waals surface area contributed by atoms with Gasteiger partial charge in [0.05, 0.1) is 10.5 Å². The van der Waals surface area contributed by atoms with E-state index in [-0.39, 0.29) is 6.04 Å². The van der Waals surface area contributed by atoms with Crippen LogP contribution in [0.25, 0.3) is 10.9 Å². The van der Waals surface area contributed by atoms with Crippen LogP contribution in [0.2, 0.25) is 5.02 Å². The van der Waals surface area contributed by atoms with E-state index in [1.807, 2.05) is 18.3 Å². The second kappa shape index (κ2) is 3.26. The summed E-state index contributed by atoms with van der Waals surface area (Å²) in [7, 11) is 0. The lowest BCUT2D eigenvalue weighted by Crippen LogP contribution is -2.11. The average molecular weight is 221 g/mol. The molecule has 1 heterocycles. The van der Waals surface area contributed by atoms with E-state index in [9.17, 15) is 0 Å². The molecule has 3 N–H and O–H groups in total. The van der Waals surface area contributed by atoms with Gasteiger partial charge in [0.15, 0.2) is 0 Å². The first-order valence-corrected chi connectivity index (χ1v) is 5.66. The van der Waals surface area contributed by atoms with Gasteiger partial charge in [-0.05, 0) is 30.4 Å². The van der Waals surface area contributed by atoms with Crippen molar-refractivity contribution in [2.24, 2.45) is 11.7 Å². The summed E-state index contributed by atoms with van der Waals surface area (Å²) in [5.41, 5.74) is 8.41. The fraction of sp³-hybridized carbons (Fsp3) is 0.333. The number of hydrogen-bond acceptors (Lipinski definition) is 1. The highest BCUT2D eigenvalue weighted by molar-refractivity contribution is 6.35. The van der Waals surface area contributed by atoms with E-state index in [4.69, 9.17) is 17.3 Å². The first kappa shape index (κ1) is 9.25. The number of halogens is 1. The molecule has 1 atom stereocenters. The summed E-state index contributed by atoms with van der Waals surface area (Å²) in [6.45, 7) is 0. The highest BCUT2D eigenvalue weighted by Gasteiger charge is 2.30. The molecule has 0 aliphatic heterocycles. The van der Waals surface area contributed by atoms with Gasteiger partial charge in [0.1, 0.15) is 0 Å². The Hall–Kier alpha value is -0.990. The Morgan fingerprint density at radius 2 is 2.20 bits per heavy atom. The SMILES string of the molecule is NC(c1c[nH]c2c(Cl)cccc12)C1CC1.